The van der Waals surface area contributed by atoms with Crippen LogP contribution >= 0.6 is 0 Å². The number of nitrogens with zero attached hydrogens (tertiary/aromatic N) is 3. The molecule has 6 nitrogen and oxygen atoms in total. The molecule has 1 aliphatic rings. The van der Waals surface area contributed by atoms with Gasteiger partial charge in [-0.05, 0) is 36.7 Å². The zero-order valence-corrected chi connectivity index (χ0v) is 17.0. The number of carbonyl (C=O) groups is 1. The van der Waals surface area contributed by atoms with E-state index in [9.17, 15) is 9.18 Å². The number of amides is 1. The molecule has 1 atom stereocenters. The van der Waals surface area contributed by atoms with Crippen LogP contribution < -0.4 is 4.74 Å². The highest BCUT2D eigenvalue weighted by Gasteiger charge is 2.26. The molecule has 0 saturated heterocycles. The Morgan fingerprint density at radius 3 is 2.77 bits per heavy atom. The molecule has 0 N–H and O–H groups in total. The highest BCUT2D eigenvalue weighted by molar-refractivity contribution is 5.91. The summed E-state index contributed by atoms with van der Waals surface area (Å²) in [4.78, 5) is 20.9. The molecule has 0 bridgehead atoms. The molecule has 0 spiro atoms. The first kappa shape index (κ1) is 20.1. The lowest BCUT2D eigenvalue weighted by molar-refractivity contribution is 0.0727. The molecule has 0 aliphatic carbocycles. The molecule has 3 aromatic rings. The number of para-hydroxylation sites is 1. The van der Waals surface area contributed by atoms with Gasteiger partial charge in [0.15, 0.2) is 23.9 Å². The standard InChI is InChI=1S/C23H24FN3O3/c1-26-12-17-8-4-3-7-16(17)11-18(26)13-27(2)23(28)20-14-30-22(25-20)15-29-21-10-6-5-9-19(21)24/h3-10,14,18H,11-13,15H2,1-2H3. The van der Waals surface area contributed by atoms with E-state index in [4.69, 9.17) is 9.15 Å². The van der Waals surface area contributed by atoms with Gasteiger partial charge in [-0.15, -0.1) is 0 Å². The van der Waals surface area contributed by atoms with Gasteiger partial charge in [0, 0.05) is 26.2 Å². The maximum atomic E-state index is 13.6. The third kappa shape index (κ3) is 4.36. The van der Waals surface area contributed by atoms with Crippen molar-refractivity contribution in [1.29, 1.82) is 0 Å². The Morgan fingerprint density at radius 1 is 1.23 bits per heavy atom. The second kappa shape index (κ2) is 8.67. The molecule has 30 heavy (non-hydrogen) atoms. The van der Waals surface area contributed by atoms with E-state index in [-0.39, 0.29) is 35.9 Å². The van der Waals surface area contributed by atoms with Gasteiger partial charge in [-0.2, -0.15) is 0 Å². The molecule has 0 radical (unpaired) electrons. The van der Waals surface area contributed by atoms with E-state index in [1.165, 1.54) is 29.5 Å². The number of oxazole rings is 1. The molecule has 4 rings (SSSR count). The van der Waals surface area contributed by atoms with E-state index in [1.807, 2.05) is 0 Å². The number of hydrogen-bond acceptors (Lipinski definition) is 5. The minimum absolute atomic E-state index is 0.0555. The van der Waals surface area contributed by atoms with Crippen LogP contribution in [0.2, 0.25) is 0 Å². The van der Waals surface area contributed by atoms with E-state index in [0.29, 0.717) is 6.54 Å². The summed E-state index contributed by atoms with van der Waals surface area (Å²) in [6.07, 6.45) is 2.21. The van der Waals surface area contributed by atoms with Crippen LogP contribution in [0.5, 0.6) is 5.75 Å². The van der Waals surface area contributed by atoms with Crippen molar-refractivity contribution < 1.29 is 18.3 Å². The molecule has 1 unspecified atom stereocenters. The van der Waals surface area contributed by atoms with Gasteiger partial charge in [-0.25, -0.2) is 9.37 Å². The summed E-state index contributed by atoms with van der Waals surface area (Å²) < 4.78 is 24.4. The van der Waals surface area contributed by atoms with E-state index in [2.05, 4.69) is 41.2 Å². The number of rotatable bonds is 6. The average Bonchev–Trinajstić information content (AvgIpc) is 3.22. The smallest absolute Gasteiger partial charge is 0.275 e. The molecule has 1 amide bonds. The Labute approximate surface area is 174 Å². The van der Waals surface area contributed by atoms with E-state index >= 15 is 0 Å². The van der Waals surface area contributed by atoms with Crippen molar-refractivity contribution in [3.05, 3.63) is 83.3 Å². The van der Waals surface area contributed by atoms with Gasteiger partial charge in [0.25, 0.3) is 5.91 Å². The van der Waals surface area contributed by atoms with Crippen molar-refractivity contribution in [3.63, 3.8) is 0 Å². The SMILES string of the molecule is CN(CC1Cc2ccccc2CN1C)C(=O)c1coc(COc2ccccc2F)n1. The van der Waals surface area contributed by atoms with Gasteiger partial charge in [0.1, 0.15) is 6.26 Å². The van der Waals surface area contributed by atoms with Crippen molar-refractivity contribution in [2.45, 2.75) is 25.6 Å². The van der Waals surface area contributed by atoms with Gasteiger partial charge < -0.3 is 14.1 Å². The number of benzene rings is 2. The number of hydrogen-bond donors (Lipinski definition) is 0. The Bertz CT molecular complexity index is 1040. The van der Waals surface area contributed by atoms with Gasteiger partial charge in [-0.1, -0.05) is 36.4 Å². The summed E-state index contributed by atoms with van der Waals surface area (Å²) in [6.45, 7) is 1.39. The Kier molecular flexibility index (Phi) is 5.81. The highest BCUT2D eigenvalue weighted by atomic mass is 19.1. The summed E-state index contributed by atoms with van der Waals surface area (Å²) in [5, 5.41) is 0. The van der Waals surface area contributed by atoms with Gasteiger partial charge in [0.05, 0.1) is 0 Å². The fourth-order valence-corrected chi connectivity index (χ4v) is 3.69. The Hall–Kier alpha value is -3.19. The number of likely N-dealkylation sites (N-methyl/N-ethyl adjacent to an activating group) is 2. The van der Waals surface area contributed by atoms with E-state index in [1.54, 1.807) is 24.1 Å². The zero-order chi connectivity index (χ0) is 21.1. The fraction of sp³-hybridized carbons (Fsp3) is 0.304. The van der Waals surface area contributed by atoms with Crippen LogP contribution in [0.15, 0.2) is 59.2 Å². The lowest BCUT2D eigenvalue weighted by Gasteiger charge is -2.36. The lowest BCUT2D eigenvalue weighted by Crippen LogP contribution is -2.46. The van der Waals surface area contributed by atoms with Crippen LogP contribution in [0.1, 0.15) is 27.5 Å². The minimum atomic E-state index is -0.460. The summed E-state index contributed by atoms with van der Waals surface area (Å²) in [5.41, 5.74) is 2.88. The van der Waals surface area contributed by atoms with Crippen molar-refractivity contribution in [2.75, 3.05) is 20.6 Å². The number of fused-ring (bicyclic) bond motifs is 1. The van der Waals surface area contributed by atoms with Crippen LogP contribution in [0.3, 0.4) is 0 Å². The number of halogens is 1. The summed E-state index contributed by atoms with van der Waals surface area (Å²) in [7, 11) is 3.84. The first-order valence-electron chi connectivity index (χ1n) is 9.85. The van der Waals surface area contributed by atoms with E-state index < -0.39 is 5.82 Å². The zero-order valence-electron chi connectivity index (χ0n) is 17.0. The molecule has 2 aromatic carbocycles. The maximum absolute atomic E-state index is 13.6. The molecule has 0 fully saturated rings. The van der Waals surface area contributed by atoms with Crippen LogP contribution in [0, 0.1) is 5.82 Å². The van der Waals surface area contributed by atoms with Gasteiger partial charge in [-0.3, -0.25) is 9.69 Å². The molecule has 1 aromatic heterocycles. The molecule has 7 heteroatoms. The van der Waals surface area contributed by atoms with E-state index in [0.717, 1.165) is 13.0 Å². The van der Waals surface area contributed by atoms with Crippen molar-refractivity contribution in [1.82, 2.24) is 14.8 Å². The number of carbonyl (C=O) groups excluding carboxylic acids is 1. The Balaban J connectivity index is 1.36. The van der Waals surface area contributed by atoms with Crippen LogP contribution in [0.4, 0.5) is 4.39 Å². The monoisotopic (exact) mass is 409 g/mol. The highest BCUT2D eigenvalue weighted by Crippen LogP contribution is 2.23. The molecule has 156 valence electrons. The topological polar surface area (TPSA) is 58.8 Å². The largest absolute Gasteiger partial charge is 0.481 e. The fourth-order valence-electron chi connectivity index (χ4n) is 3.69. The molecular weight excluding hydrogens is 385 g/mol. The van der Waals surface area contributed by atoms with Crippen LogP contribution in [-0.4, -0.2) is 47.4 Å². The molecule has 0 saturated carbocycles. The third-order valence-electron chi connectivity index (χ3n) is 5.41. The second-order valence-electron chi connectivity index (χ2n) is 7.57. The summed E-state index contributed by atoms with van der Waals surface area (Å²) >= 11 is 0. The van der Waals surface area contributed by atoms with Crippen molar-refractivity contribution >= 4 is 5.91 Å². The maximum Gasteiger partial charge on any atom is 0.275 e. The minimum Gasteiger partial charge on any atom is -0.481 e. The van der Waals surface area contributed by atoms with Crippen molar-refractivity contribution in [3.8, 4) is 5.75 Å². The van der Waals surface area contributed by atoms with Crippen molar-refractivity contribution in [2.24, 2.45) is 0 Å². The van der Waals surface area contributed by atoms with Crippen LogP contribution in [0.25, 0.3) is 0 Å². The van der Waals surface area contributed by atoms with Gasteiger partial charge >= 0.3 is 0 Å². The molecule has 1 aliphatic heterocycles. The average molecular weight is 409 g/mol. The summed E-state index contributed by atoms with van der Waals surface area (Å²) in [6, 6.07) is 14.7. The molecular formula is C23H24FN3O3. The van der Waals surface area contributed by atoms with Gasteiger partial charge in [0.2, 0.25) is 5.89 Å². The predicted octanol–water partition coefficient (Wildman–Crippen LogP) is 3.52. The quantitative estimate of drug-likeness (QED) is 0.624. The predicted molar refractivity (Wildman–Crippen MR) is 110 cm³/mol. The number of aromatic nitrogens is 1. The summed E-state index contributed by atoms with van der Waals surface area (Å²) in [5.74, 6) is -0.346. The second-order valence-corrected chi connectivity index (χ2v) is 7.57. The number of ether oxygens (including phenoxy) is 1. The third-order valence-corrected chi connectivity index (χ3v) is 5.41. The Morgan fingerprint density at radius 2 is 1.97 bits per heavy atom. The first-order chi connectivity index (χ1) is 14.5. The normalized spacial score (nSPS) is 16.2. The lowest BCUT2D eigenvalue weighted by atomic mass is 9.94. The van der Waals surface area contributed by atoms with Crippen LogP contribution in [-0.2, 0) is 19.6 Å². The first-order valence-corrected chi connectivity index (χ1v) is 9.85. The molecule has 2 heterocycles.